The summed E-state index contributed by atoms with van der Waals surface area (Å²) < 4.78 is 5.30. The number of ether oxygens (including phenoxy) is 1. The maximum atomic E-state index is 11.9. The summed E-state index contributed by atoms with van der Waals surface area (Å²) in [5.41, 5.74) is 1.92. The molecule has 0 radical (unpaired) electrons. The van der Waals surface area contributed by atoms with Crippen molar-refractivity contribution in [3.05, 3.63) is 23.8 Å². The number of hydrogen-bond acceptors (Lipinski definition) is 3. The number of nitrogens with one attached hydrogen (secondary N) is 2. The average Bonchev–Trinajstić information content (AvgIpc) is 2.38. The number of carbonyl (C=O) groups excluding carboxylic acids is 1. The van der Waals surface area contributed by atoms with Crippen LogP contribution in [0.3, 0.4) is 0 Å². The molecule has 20 heavy (non-hydrogen) atoms. The van der Waals surface area contributed by atoms with Crippen LogP contribution in [0.4, 0.5) is 5.69 Å². The summed E-state index contributed by atoms with van der Waals surface area (Å²) in [4.78, 5) is 11.9. The molecule has 4 heteroatoms. The fraction of sp³-hybridized carbons (Fsp3) is 0.562. The van der Waals surface area contributed by atoms with E-state index in [4.69, 9.17) is 4.74 Å². The second-order valence-corrected chi connectivity index (χ2v) is 5.89. The summed E-state index contributed by atoms with van der Waals surface area (Å²) in [6.45, 7) is 9.65. The molecular formula is C16H26N2O2. The van der Waals surface area contributed by atoms with Crippen molar-refractivity contribution in [2.24, 2.45) is 0 Å². The smallest absolute Gasteiger partial charge is 0.238 e. The van der Waals surface area contributed by atoms with Crippen LogP contribution in [-0.2, 0) is 10.2 Å². The lowest BCUT2D eigenvalue weighted by atomic mass is 9.87. The predicted octanol–water partition coefficient (Wildman–Crippen LogP) is 2.93. The van der Waals surface area contributed by atoms with Crippen LogP contribution in [0.5, 0.6) is 5.75 Å². The molecule has 0 atom stereocenters. The van der Waals surface area contributed by atoms with Gasteiger partial charge in [-0.05, 0) is 36.1 Å². The van der Waals surface area contributed by atoms with Gasteiger partial charge < -0.3 is 15.4 Å². The molecule has 0 aromatic heterocycles. The normalized spacial score (nSPS) is 11.2. The van der Waals surface area contributed by atoms with Crippen molar-refractivity contribution in [3.8, 4) is 5.75 Å². The molecular weight excluding hydrogens is 252 g/mol. The van der Waals surface area contributed by atoms with Crippen molar-refractivity contribution in [1.82, 2.24) is 5.32 Å². The molecule has 1 aromatic rings. The van der Waals surface area contributed by atoms with E-state index in [1.54, 1.807) is 7.11 Å². The van der Waals surface area contributed by atoms with Gasteiger partial charge in [0, 0.05) is 0 Å². The van der Waals surface area contributed by atoms with Crippen LogP contribution in [0.25, 0.3) is 0 Å². The van der Waals surface area contributed by atoms with E-state index in [1.165, 1.54) is 0 Å². The highest BCUT2D eigenvalue weighted by Gasteiger charge is 2.16. The average molecular weight is 278 g/mol. The van der Waals surface area contributed by atoms with Gasteiger partial charge in [-0.1, -0.05) is 33.8 Å². The van der Waals surface area contributed by atoms with Gasteiger partial charge >= 0.3 is 0 Å². The molecule has 0 aliphatic rings. The molecule has 0 spiro atoms. The maximum absolute atomic E-state index is 11.9. The minimum atomic E-state index is -0.0530. The molecule has 0 saturated carbocycles. The highest BCUT2D eigenvalue weighted by molar-refractivity contribution is 5.93. The molecule has 0 aliphatic heterocycles. The van der Waals surface area contributed by atoms with Gasteiger partial charge in [0.05, 0.1) is 19.3 Å². The van der Waals surface area contributed by atoms with Gasteiger partial charge in [0.1, 0.15) is 5.75 Å². The summed E-state index contributed by atoms with van der Waals surface area (Å²) in [6, 6.07) is 5.91. The largest absolute Gasteiger partial charge is 0.495 e. The van der Waals surface area contributed by atoms with E-state index in [0.717, 1.165) is 24.2 Å². The van der Waals surface area contributed by atoms with Gasteiger partial charge in [-0.15, -0.1) is 0 Å². The Balaban J connectivity index is 2.83. The maximum Gasteiger partial charge on any atom is 0.238 e. The van der Waals surface area contributed by atoms with Gasteiger partial charge in [-0.3, -0.25) is 4.79 Å². The molecule has 0 bridgehead atoms. The molecule has 0 heterocycles. The Morgan fingerprint density at radius 2 is 2.00 bits per heavy atom. The fourth-order valence-electron chi connectivity index (χ4n) is 1.85. The number of rotatable bonds is 6. The minimum absolute atomic E-state index is 0.0339. The Kier molecular flexibility index (Phi) is 6.02. The van der Waals surface area contributed by atoms with Gasteiger partial charge in [0.2, 0.25) is 5.91 Å². The molecule has 0 unspecified atom stereocenters. The molecule has 0 aliphatic carbocycles. The number of carbonyl (C=O) groups is 1. The van der Waals surface area contributed by atoms with Crippen LogP contribution < -0.4 is 15.4 Å². The van der Waals surface area contributed by atoms with Crippen molar-refractivity contribution >= 4 is 11.6 Å². The number of benzene rings is 1. The Morgan fingerprint density at radius 1 is 1.30 bits per heavy atom. The number of hydrogen-bond donors (Lipinski definition) is 2. The lowest BCUT2D eigenvalue weighted by Crippen LogP contribution is -2.28. The Hall–Kier alpha value is -1.55. The summed E-state index contributed by atoms with van der Waals surface area (Å²) in [7, 11) is 1.61. The van der Waals surface area contributed by atoms with E-state index < -0.39 is 0 Å². The molecule has 1 rings (SSSR count). The van der Waals surface area contributed by atoms with Crippen LogP contribution in [0.1, 0.15) is 39.7 Å². The molecule has 112 valence electrons. The Labute approximate surface area is 121 Å². The minimum Gasteiger partial charge on any atom is -0.495 e. The topological polar surface area (TPSA) is 50.4 Å². The van der Waals surface area contributed by atoms with Crippen molar-refractivity contribution < 1.29 is 9.53 Å². The monoisotopic (exact) mass is 278 g/mol. The highest BCUT2D eigenvalue weighted by Crippen LogP contribution is 2.31. The van der Waals surface area contributed by atoms with Gasteiger partial charge in [0.15, 0.2) is 0 Å². The number of methoxy groups -OCH3 is 1. The molecule has 0 fully saturated rings. The van der Waals surface area contributed by atoms with Gasteiger partial charge in [-0.25, -0.2) is 0 Å². The Morgan fingerprint density at radius 3 is 2.55 bits per heavy atom. The molecule has 1 amide bonds. The van der Waals surface area contributed by atoms with E-state index in [1.807, 2.05) is 18.2 Å². The highest BCUT2D eigenvalue weighted by atomic mass is 16.5. The number of amides is 1. The fourth-order valence-corrected chi connectivity index (χ4v) is 1.85. The first-order valence-corrected chi connectivity index (χ1v) is 7.07. The van der Waals surface area contributed by atoms with E-state index >= 15 is 0 Å². The summed E-state index contributed by atoms with van der Waals surface area (Å²) in [6.07, 6.45) is 1.01. The standard InChI is InChI=1S/C16H26N2O2/c1-6-9-17-11-15(19)18-13-10-12(16(2,3)4)7-8-14(13)20-5/h7-8,10,17H,6,9,11H2,1-5H3,(H,18,19). The summed E-state index contributed by atoms with van der Waals surface area (Å²) >= 11 is 0. The first-order chi connectivity index (χ1) is 9.38. The number of anilines is 1. The van der Waals surface area contributed by atoms with Crippen LogP contribution in [0.2, 0.25) is 0 Å². The lowest BCUT2D eigenvalue weighted by Gasteiger charge is -2.21. The van der Waals surface area contributed by atoms with E-state index in [0.29, 0.717) is 12.3 Å². The van der Waals surface area contributed by atoms with Crippen molar-refractivity contribution in [1.29, 1.82) is 0 Å². The first kappa shape index (κ1) is 16.5. The van der Waals surface area contributed by atoms with E-state index in [9.17, 15) is 4.79 Å². The van der Waals surface area contributed by atoms with Crippen molar-refractivity contribution in [3.63, 3.8) is 0 Å². The lowest BCUT2D eigenvalue weighted by molar-refractivity contribution is -0.115. The van der Waals surface area contributed by atoms with Crippen molar-refractivity contribution in [2.75, 3.05) is 25.5 Å². The first-order valence-electron chi connectivity index (χ1n) is 7.07. The summed E-state index contributed by atoms with van der Waals surface area (Å²) in [5, 5.41) is 5.99. The molecule has 0 saturated heterocycles. The van der Waals surface area contributed by atoms with Crippen LogP contribution in [0.15, 0.2) is 18.2 Å². The van der Waals surface area contributed by atoms with Crippen molar-refractivity contribution in [2.45, 2.75) is 39.5 Å². The zero-order valence-electron chi connectivity index (χ0n) is 13.2. The second-order valence-electron chi connectivity index (χ2n) is 5.89. The third-order valence-electron chi connectivity index (χ3n) is 3.05. The summed E-state index contributed by atoms with van der Waals surface area (Å²) in [5.74, 6) is 0.629. The zero-order chi connectivity index (χ0) is 15.2. The zero-order valence-corrected chi connectivity index (χ0v) is 13.2. The SMILES string of the molecule is CCCNCC(=O)Nc1cc(C(C)(C)C)ccc1OC. The third-order valence-corrected chi connectivity index (χ3v) is 3.05. The van der Waals surface area contributed by atoms with E-state index in [2.05, 4.69) is 38.3 Å². The van der Waals surface area contributed by atoms with Gasteiger partial charge in [0.25, 0.3) is 0 Å². The Bertz CT molecular complexity index is 450. The predicted molar refractivity (Wildman–Crippen MR) is 83.5 cm³/mol. The second kappa shape index (κ2) is 7.29. The van der Waals surface area contributed by atoms with Crippen LogP contribution >= 0.6 is 0 Å². The molecule has 1 aromatic carbocycles. The van der Waals surface area contributed by atoms with Crippen LogP contribution in [0, 0.1) is 0 Å². The third kappa shape index (κ3) is 4.85. The molecule has 2 N–H and O–H groups in total. The van der Waals surface area contributed by atoms with Gasteiger partial charge in [-0.2, -0.15) is 0 Å². The van der Waals surface area contributed by atoms with Crippen LogP contribution in [-0.4, -0.2) is 26.1 Å². The van der Waals surface area contributed by atoms with E-state index in [-0.39, 0.29) is 11.3 Å². The quantitative estimate of drug-likeness (QED) is 0.787. The molecule has 4 nitrogen and oxygen atoms in total.